The van der Waals surface area contributed by atoms with Crippen LogP contribution >= 0.6 is 0 Å². The molecule has 5 heteroatoms. The summed E-state index contributed by atoms with van der Waals surface area (Å²) in [5.74, 6) is -0.0000592. The van der Waals surface area contributed by atoms with Crippen LogP contribution in [0.25, 0.3) is 0 Å². The van der Waals surface area contributed by atoms with Gasteiger partial charge in [0.25, 0.3) is 0 Å². The number of hydrogen-bond acceptors (Lipinski definition) is 4. The summed E-state index contributed by atoms with van der Waals surface area (Å²) in [7, 11) is 0. The molecule has 2 rings (SSSR count). The lowest BCUT2D eigenvalue weighted by Gasteiger charge is -2.34. The molecule has 1 fully saturated rings. The van der Waals surface area contributed by atoms with Crippen LogP contribution in [0.1, 0.15) is 39.2 Å². The quantitative estimate of drug-likeness (QED) is 0.793. The standard InChI is InChI=1S/C20H32N2O3/c1-20(2,3)18(9-11-23)21-19(24)13-17-15-22(10-12-25-17)14-16-7-5-4-6-8-16/h4-8,17-18,23H,9-15H2,1-3H3,(H,21,24). The number of rotatable bonds is 7. The Kier molecular flexibility index (Phi) is 7.41. The maximum absolute atomic E-state index is 12.4. The first kappa shape index (κ1) is 19.9. The fourth-order valence-corrected chi connectivity index (χ4v) is 3.20. The third-order valence-electron chi connectivity index (χ3n) is 4.68. The van der Waals surface area contributed by atoms with E-state index >= 15 is 0 Å². The predicted molar refractivity (Wildman–Crippen MR) is 99.2 cm³/mol. The zero-order valence-electron chi connectivity index (χ0n) is 15.7. The number of ether oxygens (including phenoxy) is 1. The molecular formula is C20H32N2O3. The van der Waals surface area contributed by atoms with Gasteiger partial charge in [0, 0.05) is 32.3 Å². The molecule has 25 heavy (non-hydrogen) atoms. The molecule has 0 saturated carbocycles. The molecule has 0 aromatic heterocycles. The van der Waals surface area contributed by atoms with E-state index in [1.165, 1.54) is 5.56 Å². The lowest BCUT2D eigenvalue weighted by molar-refractivity contribution is -0.127. The minimum atomic E-state index is -0.0782. The van der Waals surface area contributed by atoms with Crippen molar-refractivity contribution in [2.45, 2.75) is 52.3 Å². The van der Waals surface area contributed by atoms with E-state index in [1.807, 2.05) is 6.07 Å². The van der Waals surface area contributed by atoms with Gasteiger partial charge in [-0.25, -0.2) is 0 Å². The van der Waals surface area contributed by atoms with Gasteiger partial charge in [0.1, 0.15) is 0 Å². The van der Waals surface area contributed by atoms with E-state index in [2.05, 4.69) is 55.3 Å². The van der Waals surface area contributed by atoms with Gasteiger partial charge in [0.2, 0.25) is 5.91 Å². The summed E-state index contributed by atoms with van der Waals surface area (Å²) in [5.41, 5.74) is 1.20. The Labute approximate surface area is 151 Å². The second-order valence-corrected chi connectivity index (χ2v) is 7.92. The average molecular weight is 348 g/mol. The summed E-state index contributed by atoms with van der Waals surface area (Å²) in [6.07, 6.45) is 0.858. The Balaban J connectivity index is 1.83. The number of amides is 1. The summed E-state index contributed by atoms with van der Waals surface area (Å²) >= 11 is 0. The molecule has 1 aliphatic heterocycles. The van der Waals surface area contributed by atoms with E-state index in [0.29, 0.717) is 19.4 Å². The highest BCUT2D eigenvalue weighted by Crippen LogP contribution is 2.22. The van der Waals surface area contributed by atoms with Gasteiger partial charge >= 0.3 is 0 Å². The number of nitrogens with zero attached hydrogens (tertiary/aromatic N) is 1. The Morgan fingerprint density at radius 2 is 2.08 bits per heavy atom. The Morgan fingerprint density at radius 1 is 1.36 bits per heavy atom. The van der Waals surface area contributed by atoms with Gasteiger partial charge in [-0.3, -0.25) is 9.69 Å². The van der Waals surface area contributed by atoms with Crippen molar-refractivity contribution in [2.75, 3.05) is 26.3 Å². The zero-order valence-corrected chi connectivity index (χ0v) is 15.7. The zero-order chi connectivity index (χ0) is 18.3. The van der Waals surface area contributed by atoms with E-state index in [9.17, 15) is 9.90 Å². The maximum Gasteiger partial charge on any atom is 0.222 e. The minimum Gasteiger partial charge on any atom is -0.396 e. The van der Waals surface area contributed by atoms with Crippen LogP contribution < -0.4 is 5.32 Å². The minimum absolute atomic E-state index is 0.0000592. The number of carbonyl (C=O) groups excluding carboxylic acids is 1. The molecule has 1 amide bonds. The number of nitrogens with one attached hydrogen (secondary N) is 1. The summed E-state index contributed by atoms with van der Waals surface area (Å²) in [6.45, 7) is 9.50. The summed E-state index contributed by atoms with van der Waals surface area (Å²) in [5, 5.41) is 12.3. The number of morpholine rings is 1. The second-order valence-electron chi connectivity index (χ2n) is 7.92. The fourth-order valence-electron chi connectivity index (χ4n) is 3.20. The molecule has 1 heterocycles. The maximum atomic E-state index is 12.4. The van der Waals surface area contributed by atoms with Gasteiger partial charge in [-0.2, -0.15) is 0 Å². The van der Waals surface area contributed by atoms with Crippen LogP contribution in [0.4, 0.5) is 0 Å². The molecule has 2 atom stereocenters. The van der Waals surface area contributed by atoms with Gasteiger partial charge in [-0.1, -0.05) is 51.1 Å². The first-order valence-electron chi connectivity index (χ1n) is 9.16. The third-order valence-corrected chi connectivity index (χ3v) is 4.68. The van der Waals surface area contributed by atoms with Crippen LogP contribution in [0.15, 0.2) is 30.3 Å². The van der Waals surface area contributed by atoms with Crippen molar-refractivity contribution in [3.8, 4) is 0 Å². The molecule has 140 valence electrons. The number of aliphatic hydroxyl groups excluding tert-OH is 1. The van der Waals surface area contributed by atoms with E-state index in [4.69, 9.17) is 4.74 Å². The SMILES string of the molecule is CC(C)(C)C(CCO)NC(=O)CC1CN(Cc2ccccc2)CCO1. The fraction of sp³-hybridized carbons (Fsp3) is 0.650. The average Bonchev–Trinajstić information content (AvgIpc) is 2.55. The van der Waals surface area contributed by atoms with Crippen molar-refractivity contribution >= 4 is 5.91 Å². The Morgan fingerprint density at radius 3 is 2.72 bits per heavy atom. The Bertz CT molecular complexity index is 527. The first-order chi connectivity index (χ1) is 11.9. The molecule has 0 aliphatic carbocycles. The van der Waals surface area contributed by atoms with Crippen molar-refractivity contribution < 1.29 is 14.6 Å². The highest BCUT2D eigenvalue weighted by Gasteiger charge is 2.28. The van der Waals surface area contributed by atoms with E-state index in [0.717, 1.165) is 19.6 Å². The van der Waals surface area contributed by atoms with Crippen molar-refractivity contribution in [1.82, 2.24) is 10.2 Å². The number of benzene rings is 1. The van der Waals surface area contributed by atoms with Crippen LogP contribution in [-0.4, -0.2) is 54.4 Å². The normalized spacial score (nSPS) is 20.2. The molecule has 0 radical (unpaired) electrons. The summed E-state index contributed by atoms with van der Waals surface area (Å²) < 4.78 is 5.79. The highest BCUT2D eigenvalue weighted by atomic mass is 16.5. The van der Waals surface area contributed by atoms with E-state index < -0.39 is 0 Å². The topological polar surface area (TPSA) is 61.8 Å². The molecule has 0 bridgehead atoms. The second kappa shape index (κ2) is 9.32. The lowest BCUT2D eigenvalue weighted by Crippen LogP contribution is -2.48. The van der Waals surface area contributed by atoms with Crippen molar-refractivity contribution in [3.63, 3.8) is 0 Å². The van der Waals surface area contributed by atoms with Gasteiger partial charge < -0.3 is 15.2 Å². The molecule has 2 N–H and O–H groups in total. The van der Waals surface area contributed by atoms with Crippen molar-refractivity contribution in [3.05, 3.63) is 35.9 Å². The van der Waals surface area contributed by atoms with Crippen molar-refractivity contribution in [2.24, 2.45) is 5.41 Å². The van der Waals surface area contributed by atoms with Gasteiger partial charge in [0.05, 0.1) is 19.1 Å². The van der Waals surface area contributed by atoms with Crippen molar-refractivity contribution in [1.29, 1.82) is 0 Å². The van der Waals surface area contributed by atoms with Gasteiger partial charge in [-0.15, -0.1) is 0 Å². The molecule has 1 saturated heterocycles. The van der Waals surface area contributed by atoms with E-state index in [-0.39, 0.29) is 30.1 Å². The van der Waals surface area contributed by atoms with Crippen LogP contribution in [0.5, 0.6) is 0 Å². The largest absolute Gasteiger partial charge is 0.396 e. The molecule has 5 nitrogen and oxygen atoms in total. The third kappa shape index (κ3) is 6.77. The first-order valence-corrected chi connectivity index (χ1v) is 9.16. The smallest absolute Gasteiger partial charge is 0.222 e. The molecule has 0 spiro atoms. The number of carbonyl (C=O) groups is 1. The lowest BCUT2D eigenvalue weighted by atomic mass is 9.85. The summed E-state index contributed by atoms with van der Waals surface area (Å²) in [4.78, 5) is 14.8. The number of aliphatic hydroxyl groups is 1. The van der Waals surface area contributed by atoms with Crippen LogP contribution in [-0.2, 0) is 16.1 Å². The highest BCUT2D eigenvalue weighted by molar-refractivity contribution is 5.76. The Hall–Kier alpha value is -1.43. The molecular weight excluding hydrogens is 316 g/mol. The number of hydrogen-bond donors (Lipinski definition) is 2. The van der Waals surface area contributed by atoms with Gasteiger partial charge in [0.15, 0.2) is 0 Å². The van der Waals surface area contributed by atoms with Gasteiger partial charge in [-0.05, 0) is 17.4 Å². The van der Waals surface area contributed by atoms with Crippen LogP contribution in [0.3, 0.4) is 0 Å². The molecule has 2 unspecified atom stereocenters. The predicted octanol–water partition coefficient (Wildman–Crippen LogP) is 2.19. The molecule has 1 aromatic rings. The monoisotopic (exact) mass is 348 g/mol. The summed E-state index contributed by atoms with van der Waals surface area (Å²) in [6, 6.07) is 10.3. The van der Waals surface area contributed by atoms with Crippen LogP contribution in [0.2, 0.25) is 0 Å². The molecule has 1 aliphatic rings. The molecule has 1 aromatic carbocycles. The van der Waals surface area contributed by atoms with E-state index in [1.54, 1.807) is 0 Å². The van der Waals surface area contributed by atoms with Crippen LogP contribution in [0, 0.1) is 5.41 Å².